The number of ether oxygens (including phenoxy) is 2. The van der Waals surface area contributed by atoms with E-state index < -0.39 is 30.7 Å². The Morgan fingerprint density at radius 1 is 0.611 bits per heavy atom. The number of aryl methyl sites for hydroxylation is 4. The maximum absolute atomic E-state index is 12.4. The minimum Gasteiger partial charge on any atom is -0.400 e. The number of hydrogen-bond acceptors (Lipinski definition) is 9. The maximum atomic E-state index is 12.4. The van der Waals surface area contributed by atoms with Gasteiger partial charge in [-0.1, -0.05) is 63.1 Å². The highest BCUT2D eigenvalue weighted by Gasteiger charge is 2.29. The van der Waals surface area contributed by atoms with Crippen LogP contribution in [0, 0.1) is 39.5 Å². The van der Waals surface area contributed by atoms with Crippen LogP contribution in [0.2, 0.25) is 0 Å². The standard InChI is InChI=1S/C27H34O9/c1-15(2)25(35-33-23(28)21-11-9-17(5)13-19(21)7)31-27(30)32-26(16(3)4)36-34-24(29)22-12-10-18(6)14-20(22)8/h9-16,25-26H,1-8H3. The second kappa shape index (κ2) is 13.0. The maximum Gasteiger partial charge on any atom is 0.513 e. The highest BCUT2D eigenvalue weighted by atomic mass is 17.2. The van der Waals surface area contributed by atoms with Crippen molar-refractivity contribution in [1.29, 1.82) is 0 Å². The molecule has 0 spiro atoms. The van der Waals surface area contributed by atoms with E-state index in [1.165, 1.54) is 0 Å². The third kappa shape index (κ3) is 8.35. The van der Waals surface area contributed by atoms with Gasteiger partial charge in [-0.05, 0) is 51.0 Å². The fourth-order valence-electron chi connectivity index (χ4n) is 3.11. The first kappa shape index (κ1) is 28.8. The summed E-state index contributed by atoms with van der Waals surface area (Å²) in [6.45, 7) is 14.2. The summed E-state index contributed by atoms with van der Waals surface area (Å²) in [5.74, 6) is -2.22. The second-order valence-electron chi connectivity index (χ2n) is 9.28. The van der Waals surface area contributed by atoms with Crippen LogP contribution in [-0.2, 0) is 29.0 Å². The largest absolute Gasteiger partial charge is 0.513 e. The molecule has 9 heteroatoms. The molecule has 196 valence electrons. The van der Waals surface area contributed by atoms with Crippen LogP contribution >= 0.6 is 0 Å². The smallest absolute Gasteiger partial charge is 0.400 e. The molecule has 0 aliphatic rings. The van der Waals surface area contributed by atoms with Crippen LogP contribution in [0.25, 0.3) is 0 Å². The summed E-state index contributed by atoms with van der Waals surface area (Å²) < 4.78 is 10.3. The lowest BCUT2D eigenvalue weighted by Gasteiger charge is -2.23. The Hall–Kier alpha value is -3.43. The molecule has 2 unspecified atom stereocenters. The summed E-state index contributed by atoms with van der Waals surface area (Å²) in [5, 5.41) is 0. The molecule has 0 heterocycles. The minimum absolute atomic E-state index is 0.324. The number of rotatable bonds is 10. The van der Waals surface area contributed by atoms with Gasteiger partial charge >= 0.3 is 18.1 Å². The first-order valence-electron chi connectivity index (χ1n) is 11.7. The molecule has 2 rings (SSSR count). The van der Waals surface area contributed by atoms with Gasteiger partial charge in [0.2, 0.25) is 0 Å². The van der Waals surface area contributed by atoms with E-state index in [1.807, 2.05) is 26.0 Å². The molecule has 9 nitrogen and oxygen atoms in total. The van der Waals surface area contributed by atoms with Crippen LogP contribution in [0.15, 0.2) is 36.4 Å². The molecule has 36 heavy (non-hydrogen) atoms. The fraction of sp³-hybridized carbons (Fsp3) is 0.444. The number of hydrogen-bond donors (Lipinski definition) is 0. The van der Waals surface area contributed by atoms with Crippen LogP contribution < -0.4 is 0 Å². The predicted octanol–water partition coefficient (Wildman–Crippen LogP) is 5.91. The van der Waals surface area contributed by atoms with E-state index in [0.717, 1.165) is 22.3 Å². The average Bonchev–Trinajstić information content (AvgIpc) is 2.78. The average molecular weight is 503 g/mol. The predicted molar refractivity (Wildman–Crippen MR) is 130 cm³/mol. The Morgan fingerprint density at radius 3 is 1.28 bits per heavy atom. The van der Waals surface area contributed by atoms with Gasteiger partial charge in [-0.15, -0.1) is 9.78 Å². The van der Waals surface area contributed by atoms with Crippen LogP contribution in [0.5, 0.6) is 0 Å². The third-order valence-corrected chi connectivity index (χ3v) is 5.15. The summed E-state index contributed by atoms with van der Waals surface area (Å²) in [6.07, 6.45) is -3.66. The molecule has 0 radical (unpaired) electrons. The Labute approximate surface area is 211 Å². The molecular formula is C27H34O9. The number of carbonyl (C=O) groups is 3. The van der Waals surface area contributed by atoms with E-state index in [4.69, 9.17) is 29.0 Å². The Morgan fingerprint density at radius 2 is 0.972 bits per heavy atom. The molecule has 0 N–H and O–H groups in total. The van der Waals surface area contributed by atoms with Crippen molar-refractivity contribution in [3.05, 3.63) is 69.8 Å². The quantitative estimate of drug-likeness (QED) is 0.169. The van der Waals surface area contributed by atoms with Gasteiger partial charge in [-0.2, -0.15) is 0 Å². The zero-order chi connectivity index (χ0) is 27.0. The first-order valence-corrected chi connectivity index (χ1v) is 11.7. The van der Waals surface area contributed by atoms with Crippen molar-refractivity contribution in [2.24, 2.45) is 11.8 Å². The van der Waals surface area contributed by atoms with Crippen molar-refractivity contribution in [1.82, 2.24) is 0 Å². The van der Waals surface area contributed by atoms with Crippen molar-refractivity contribution >= 4 is 18.1 Å². The van der Waals surface area contributed by atoms with E-state index >= 15 is 0 Å². The highest BCUT2D eigenvalue weighted by Crippen LogP contribution is 2.18. The molecule has 2 aromatic rings. The van der Waals surface area contributed by atoms with Crippen LogP contribution in [0.3, 0.4) is 0 Å². The van der Waals surface area contributed by atoms with Gasteiger partial charge in [-0.3, -0.25) is 9.78 Å². The van der Waals surface area contributed by atoms with Crippen LogP contribution in [-0.4, -0.2) is 30.7 Å². The summed E-state index contributed by atoms with van der Waals surface area (Å²) in [7, 11) is 0. The molecule has 0 bridgehead atoms. The SMILES string of the molecule is Cc1ccc(C(=O)OOC(OC(=O)OC(OOC(=O)c2ccc(C)cc2C)C(C)C)C(C)C)c(C)c1. The van der Waals surface area contributed by atoms with Gasteiger partial charge < -0.3 is 9.47 Å². The number of carbonyl (C=O) groups excluding carboxylic acids is 3. The first-order chi connectivity index (χ1) is 16.9. The normalized spacial score (nSPS) is 12.7. The lowest BCUT2D eigenvalue weighted by atomic mass is 10.1. The molecule has 2 atom stereocenters. The Balaban J connectivity index is 1.94. The van der Waals surface area contributed by atoms with Crippen LogP contribution in [0.1, 0.15) is 70.7 Å². The molecule has 0 amide bonds. The summed E-state index contributed by atoms with van der Waals surface area (Å²) in [5.41, 5.74) is 4.08. The van der Waals surface area contributed by atoms with Gasteiger partial charge in [-0.25, -0.2) is 14.4 Å². The van der Waals surface area contributed by atoms with E-state index in [-0.39, 0.29) is 11.8 Å². The molecule has 0 saturated heterocycles. The van der Waals surface area contributed by atoms with Gasteiger partial charge in [0.25, 0.3) is 12.6 Å². The fourth-order valence-corrected chi connectivity index (χ4v) is 3.11. The van der Waals surface area contributed by atoms with Crippen molar-refractivity contribution in [3.8, 4) is 0 Å². The topological polar surface area (TPSA) is 107 Å². The second-order valence-corrected chi connectivity index (χ2v) is 9.28. The molecular weight excluding hydrogens is 468 g/mol. The van der Waals surface area contributed by atoms with Gasteiger partial charge in [0.05, 0.1) is 11.1 Å². The Kier molecular flexibility index (Phi) is 10.4. The molecule has 0 saturated carbocycles. The van der Waals surface area contributed by atoms with E-state index in [2.05, 4.69) is 0 Å². The molecule has 0 aromatic heterocycles. The Bertz CT molecular complexity index is 991. The minimum atomic E-state index is -1.25. The molecule has 0 fully saturated rings. The third-order valence-electron chi connectivity index (χ3n) is 5.15. The zero-order valence-electron chi connectivity index (χ0n) is 21.9. The van der Waals surface area contributed by atoms with Crippen LogP contribution in [0.4, 0.5) is 4.79 Å². The van der Waals surface area contributed by atoms with Crippen molar-refractivity contribution < 1.29 is 43.4 Å². The van der Waals surface area contributed by atoms with E-state index in [9.17, 15) is 14.4 Å². The summed E-state index contributed by atoms with van der Waals surface area (Å²) in [4.78, 5) is 57.2. The monoisotopic (exact) mass is 502 g/mol. The number of benzene rings is 2. The zero-order valence-corrected chi connectivity index (χ0v) is 21.9. The van der Waals surface area contributed by atoms with Gasteiger partial charge in [0.1, 0.15) is 0 Å². The van der Waals surface area contributed by atoms with Crippen molar-refractivity contribution in [2.75, 3.05) is 0 Å². The van der Waals surface area contributed by atoms with E-state index in [1.54, 1.807) is 65.8 Å². The summed E-state index contributed by atoms with van der Waals surface area (Å²) >= 11 is 0. The summed E-state index contributed by atoms with van der Waals surface area (Å²) in [6, 6.07) is 10.5. The van der Waals surface area contributed by atoms with Crippen molar-refractivity contribution in [2.45, 2.75) is 68.0 Å². The van der Waals surface area contributed by atoms with Crippen molar-refractivity contribution in [3.63, 3.8) is 0 Å². The van der Waals surface area contributed by atoms with E-state index in [0.29, 0.717) is 11.1 Å². The molecule has 2 aromatic carbocycles. The lowest BCUT2D eigenvalue weighted by Crippen LogP contribution is -2.33. The van der Waals surface area contributed by atoms with Gasteiger partial charge in [0.15, 0.2) is 0 Å². The highest BCUT2D eigenvalue weighted by molar-refractivity contribution is 5.91. The molecule has 0 aliphatic heterocycles. The molecule has 0 aliphatic carbocycles. The lowest BCUT2D eigenvalue weighted by molar-refractivity contribution is -0.357. The van der Waals surface area contributed by atoms with Gasteiger partial charge in [0, 0.05) is 11.8 Å².